The number of hydrogen-bond acceptors (Lipinski definition) is 4. The first kappa shape index (κ1) is 17.3. The van der Waals surface area contributed by atoms with Crippen molar-refractivity contribution in [2.75, 3.05) is 19.8 Å². The van der Waals surface area contributed by atoms with E-state index in [0.717, 1.165) is 0 Å². The van der Waals surface area contributed by atoms with Crippen molar-refractivity contribution in [3.8, 4) is 5.75 Å². The Balaban J connectivity index is 1.90. The van der Waals surface area contributed by atoms with E-state index in [4.69, 9.17) is 9.47 Å². The summed E-state index contributed by atoms with van der Waals surface area (Å²) in [6.07, 6.45) is 0.258. The van der Waals surface area contributed by atoms with Crippen molar-refractivity contribution in [1.82, 2.24) is 5.32 Å². The van der Waals surface area contributed by atoms with Gasteiger partial charge in [0.2, 0.25) is 0 Å². The first-order valence-corrected chi connectivity index (χ1v) is 7.58. The molecule has 126 valence electrons. The van der Waals surface area contributed by atoms with E-state index >= 15 is 0 Å². The Morgan fingerprint density at radius 3 is 2.43 bits per heavy atom. The van der Waals surface area contributed by atoms with Gasteiger partial charge in [0.05, 0.1) is 6.61 Å². The number of nitrogens with one attached hydrogen (secondary N) is 1. The standard InChI is InChI=1S/C17H23NO5/c1-16(2,3)12-4-6-13(7-5-12)23-10-14(19)18-17(15(20)21)8-9-22-11-17/h4-7H,8-11H2,1-3H3,(H,18,19)(H,20,21). The fourth-order valence-electron chi connectivity index (χ4n) is 2.39. The lowest BCUT2D eigenvalue weighted by Gasteiger charge is -2.23. The minimum absolute atomic E-state index is 0.0195. The van der Waals surface area contributed by atoms with Crippen molar-refractivity contribution in [3.63, 3.8) is 0 Å². The molecular weight excluding hydrogens is 298 g/mol. The molecule has 1 atom stereocenters. The molecular formula is C17H23NO5. The molecule has 0 bridgehead atoms. The molecule has 1 unspecified atom stereocenters. The fourth-order valence-corrected chi connectivity index (χ4v) is 2.39. The highest BCUT2D eigenvalue weighted by Crippen LogP contribution is 2.24. The minimum atomic E-state index is -1.34. The summed E-state index contributed by atoms with van der Waals surface area (Å²) in [6, 6.07) is 7.52. The molecule has 2 N–H and O–H groups in total. The Labute approximate surface area is 135 Å². The molecule has 2 rings (SSSR count). The summed E-state index contributed by atoms with van der Waals surface area (Å²) in [6.45, 7) is 6.42. The molecule has 0 spiro atoms. The van der Waals surface area contributed by atoms with Crippen molar-refractivity contribution >= 4 is 11.9 Å². The summed E-state index contributed by atoms with van der Waals surface area (Å²) < 4.78 is 10.5. The summed E-state index contributed by atoms with van der Waals surface area (Å²) >= 11 is 0. The molecule has 0 radical (unpaired) electrons. The van der Waals surface area contributed by atoms with Crippen LogP contribution in [0.4, 0.5) is 0 Å². The van der Waals surface area contributed by atoms with Crippen LogP contribution in [0.5, 0.6) is 5.75 Å². The Morgan fingerprint density at radius 2 is 1.96 bits per heavy atom. The number of rotatable bonds is 5. The van der Waals surface area contributed by atoms with Gasteiger partial charge in [0.1, 0.15) is 5.75 Å². The molecule has 1 fully saturated rings. The molecule has 1 aromatic carbocycles. The van der Waals surface area contributed by atoms with Gasteiger partial charge in [0.25, 0.3) is 5.91 Å². The molecule has 23 heavy (non-hydrogen) atoms. The van der Waals surface area contributed by atoms with Crippen LogP contribution in [-0.4, -0.2) is 42.3 Å². The first-order chi connectivity index (χ1) is 10.7. The summed E-state index contributed by atoms with van der Waals surface area (Å²) in [5, 5.41) is 11.8. The zero-order valence-corrected chi connectivity index (χ0v) is 13.7. The van der Waals surface area contributed by atoms with Crippen LogP contribution in [0.15, 0.2) is 24.3 Å². The lowest BCUT2D eigenvalue weighted by Crippen LogP contribution is -2.56. The monoisotopic (exact) mass is 321 g/mol. The van der Waals surface area contributed by atoms with Crippen LogP contribution >= 0.6 is 0 Å². The number of hydrogen-bond donors (Lipinski definition) is 2. The predicted molar refractivity (Wildman–Crippen MR) is 84.6 cm³/mol. The molecule has 0 aromatic heterocycles. The van der Waals surface area contributed by atoms with Crippen molar-refractivity contribution < 1.29 is 24.2 Å². The normalized spacial score (nSPS) is 21.0. The maximum absolute atomic E-state index is 12.0. The van der Waals surface area contributed by atoms with Gasteiger partial charge >= 0.3 is 5.97 Å². The van der Waals surface area contributed by atoms with Gasteiger partial charge in [0.15, 0.2) is 12.1 Å². The van der Waals surface area contributed by atoms with Gasteiger partial charge in [-0.05, 0) is 23.1 Å². The van der Waals surface area contributed by atoms with E-state index in [9.17, 15) is 14.7 Å². The van der Waals surface area contributed by atoms with E-state index in [1.165, 1.54) is 5.56 Å². The third kappa shape index (κ3) is 4.22. The fraction of sp³-hybridized carbons (Fsp3) is 0.529. The quantitative estimate of drug-likeness (QED) is 0.862. The van der Waals surface area contributed by atoms with E-state index in [1.807, 2.05) is 12.1 Å². The van der Waals surface area contributed by atoms with Gasteiger partial charge < -0.3 is 19.9 Å². The zero-order valence-electron chi connectivity index (χ0n) is 13.7. The molecule has 1 aliphatic heterocycles. The number of carbonyl (C=O) groups is 2. The predicted octanol–water partition coefficient (Wildman–Crippen LogP) is 1.72. The maximum atomic E-state index is 12.0. The smallest absolute Gasteiger partial charge is 0.331 e. The van der Waals surface area contributed by atoms with Gasteiger partial charge in [-0.15, -0.1) is 0 Å². The highest BCUT2D eigenvalue weighted by Gasteiger charge is 2.43. The Hall–Kier alpha value is -2.08. The second-order valence-corrected chi connectivity index (χ2v) is 6.80. The van der Waals surface area contributed by atoms with Crippen molar-refractivity contribution in [2.24, 2.45) is 0 Å². The third-order valence-corrected chi connectivity index (χ3v) is 3.90. The van der Waals surface area contributed by atoms with Gasteiger partial charge in [-0.1, -0.05) is 32.9 Å². The number of carboxylic acids is 1. The summed E-state index contributed by atoms with van der Waals surface area (Å²) in [4.78, 5) is 23.3. The van der Waals surface area contributed by atoms with Crippen LogP contribution in [0.1, 0.15) is 32.8 Å². The lowest BCUT2D eigenvalue weighted by atomic mass is 9.87. The maximum Gasteiger partial charge on any atom is 0.331 e. The van der Waals surface area contributed by atoms with E-state index < -0.39 is 17.4 Å². The highest BCUT2D eigenvalue weighted by atomic mass is 16.5. The largest absolute Gasteiger partial charge is 0.484 e. The van der Waals surface area contributed by atoms with Crippen LogP contribution in [0, 0.1) is 0 Å². The van der Waals surface area contributed by atoms with Gasteiger partial charge in [0, 0.05) is 13.0 Å². The second-order valence-electron chi connectivity index (χ2n) is 6.80. The number of aliphatic carboxylic acids is 1. The number of benzene rings is 1. The van der Waals surface area contributed by atoms with Crippen molar-refractivity contribution in [2.45, 2.75) is 38.1 Å². The summed E-state index contributed by atoms with van der Waals surface area (Å²) in [5.74, 6) is -0.990. The average molecular weight is 321 g/mol. The van der Waals surface area contributed by atoms with Crippen LogP contribution in [-0.2, 0) is 19.7 Å². The molecule has 0 aliphatic carbocycles. The molecule has 0 saturated carbocycles. The Bertz CT molecular complexity index is 568. The number of ether oxygens (including phenoxy) is 2. The second kappa shape index (κ2) is 6.58. The van der Waals surface area contributed by atoms with Gasteiger partial charge in [-0.3, -0.25) is 4.79 Å². The molecule has 1 heterocycles. The minimum Gasteiger partial charge on any atom is -0.484 e. The third-order valence-electron chi connectivity index (χ3n) is 3.90. The Kier molecular flexibility index (Phi) is 4.94. The topological polar surface area (TPSA) is 84.9 Å². The van der Waals surface area contributed by atoms with E-state index in [1.54, 1.807) is 12.1 Å². The molecule has 1 aliphatic rings. The summed E-state index contributed by atoms with van der Waals surface area (Å²) in [5.41, 5.74) is -0.120. The molecule has 6 heteroatoms. The van der Waals surface area contributed by atoms with E-state index in [2.05, 4.69) is 26.1 Å². The first-order valence-electron chi connectivity index (χ1n) is 7.58. The van der Waals surface area contributed by atoms with Crippen LogP contribution in [0.25, 0.3) is 0 Å². The molecule has 1 aromatic rings. The SMILES string of the molecule is CC(C)(C)c1ccc(OCC(=O)NC2(C(=O)O)CCOC2)cc1. The van der Waals surface area contributed by atoms with Crippen LogP contribution in [0.2, 0.25) is 0 Å². The zero-order chi connectivity index (χ0) is 17.1. The van der Waals surface area contributed by atoms with Gasteiger partial charge in [-0.2, -0.15) is 0 Å². The average Bonchev–Trinajstić information content (AvgIpc) is 2.94. The number of carboxylic acid groups (broad SMARTS) is 1. The van der Waals surface area contributed by atoms with Crippen LogP contribution < -0.4 is 10.1 Å². The lowest BCUT2D eigenvalue weighted by molar-refractivity contribution is -0.148. The van der Waals surface area contributed by atoms with Crippen LogP contribution in [0.3, 0.4) is 0 Å². The molecule has 1 saturated heterocycles. The Morgan fingerprint density at radius 1 is 1.30 bits per heavy atom. The molecule has 1 amide bonds. The molecule has 6 nitrogen and oxygen atoms in total. The number of carbonyl (C=O) groups excluding carboxylic acids is 1. The van der Waals surface area contributed by atoms with Gasteiger partial charge in [-0.25, -0.2) is 4.79 Å². The van der Waals surface area contributed by atoms with Crippen molar-refractivity contribution in [1.29, 1.82) is 0 Å². The number of amides is 1. The summed E-state index contributed by atoms with van der Waals surface area (Å²) in [7, 11) is 0. The van der Waals surface area contributed by atoms with E-state index in [-0.39, 0.29) is 25.0 Å². The van der Waals surface area contributed by atoms with E-state index in [0.29, 0.717) is 12.4 Å². The van der Waals surface area contributed by atoms with Crippen molar-refractivity contribution in [3.05, 3.63) is 29.8 Å². The highest BCUT2D eigenvalue weighted by molar-refractivity contribution is 5.88.